The molecule has 0 saturated heterocycles. The van der Waals surface area contributed by atoms with E-state index in [9.17, 15) is 0 Å². The quantitative estimate of drug-likeness (QED) is 0.785. The molecule has 2 aromatic rings. The highest BCUT2D eigenvalue weighted by Gasteiger charge is 2.02. The van der Waals surface area contributed by atoms with Gasteiger partial charge in [0.1, 0.15) is 5.51 Å². The van der Waals surface area contributed by atoms with Crippen molar-refractivity contribution in [3.8, 4) is 0 Å². The van der Waals surface area contributed by atoms with E-state index in [1.165, 1.54) is 11.3 Å². The fourth-order valence-corrected chi connectivity index (χ4v) is 1.26. The van der Waals surface area contributed by atoms with Gasteiger partial charge in [-0.2, -0.15) is 4.98 Å². The number of hydrogen-bond donors (Lipinski definition) is 1. The summed E-state index contributed by atoms with van der Waals surface area (Å²) in [7, 11) is 0. The smallest absolute Gasteiger partial charge is 0.246 e. The maximum atomic E-state index is 4.90. The fraction of sp³-hybridized carbons (Fsp3) is 0.333. The van der Waals surface area contributed by atoms with Crippen LogP contribution in [0.2, 0.25) is 0 Å². The molecule has 0 radical (unpaired) electrons. The lowest BCUT2D eigenvalue weighted by Gasteiger charge is -1.94. The summed E-state index contributed by atoms with van der Waals surface area (Å²) in [6.45, 7) is 2.26. The summed E-state index contributed by atoms with van der Waals surface area (Å²) >= 11 is 1.43. The lowest BCUT2D eigenvalue weighted by Crippen LogP contribution is -1.99. The van der Waals surface area contributed by atoms with E-state index in [0.29, 0.717) is 18.3 Å². The van der Waals surface area contributed by atoms with E-state index >= 15 is 0 Å². The summed E-state index contributed by atoms with van der Waals surface area (Å²) < 4.78 is 4.90. The molecule has 2 rings (SSSR count). The second-order valence-electron chi connectivity index (χ2n) is 2.33. The van der Waals surface area contributed by atoms with Gasteiger partial charge in [-0.1, -0.05) is 16.5 Å². The van der Waals surface area contributed by atoms with Gasteiger partial charge in [0.05, 0.1) is 6.54 Å². The number of nitrogens with one attached hydrogen (secondary N) is 1. The van der Waals surface area contributed by atoms with Crippen molar-refractivity contribution in [3.63, 3.8) is 0 Å². The summed E-state index contributed by atoms with van der Waals surface area (Å²) in [4.78, 5) is 4.03. The Balaban J connectivity index is 1.93. The third-order valence-electron chi connectivity index (χ3n) is 1.32. The Morgan fingerprint density at radius 1 is 1.62 bits per heavy atom. The maximum Gasteiger partial charge on any atom is 0.246 e. The van der Waals surface area contributed by atoms with Crippen LogP contribution in [0.1, 0.15) is 11.7 Å². The van der Waals surface area contributed by atoms with Crippen LogP contribution in [0.4, 0.5) is 5.13 Å². The Bertz CT molecular complexity index is 370. The molecule has 0 atom stereocenters. The predicted octanol–water partition coefficient (Wildman–Crippen LogP) is 0.842. The summed E-state index contributed by atoms with van der Waals surface area (Å²) in [5.41, 5.74) is 1.65. The minimum atomic E-state index is 0.482. The molecule has 0 bridgehead atoms. The number of aromatic nitrogens is 4. The third-order valence-corrected chi connectivity index (χ3v) is 1.97. The number of nitrogens with zero attached hydrogens (tertiary/aromatic N) is 4. The van der Waals surface area contributed by atoms with Gasteiger partial charge in [-0.3, -0.25) is 0 Å². The van der Waals surface area contributed by atoms with E-state index in [1.807, 2.05) is 0 Å². The molecule has 0 unspecified atom stereocenters. The van der Waals surface area contributed by atoms with Gasteiger partial charge >= 0.3 is 0 Å². The summed E-state index contributed by atoms with van der Waals surface area (Å²) in [5.74, 6) is 1.18. The van der Waals surface area contributed by atoms with Crippen LogP contribution in [0.5, 0.6) is 0 Å². The van der Waals surface area contributed by atoms with Gasteiger partial charge in [0.25, 0.3) is 0 Å². The van der Waals surface area contributed by atoms with Crippen molar-refractivity contribution < 1.29 is 4.52 Å². The van der Waals surface area contributed by atoms with Crippen molar-refractivity contribution in [1.82, 2.24) is 20.3 Å². The second kappa shape index (κ2) is 3.48. The minimum Gasteiger partial charge on any atom is -0.351 e. The molecule has 0 aliphatic rings. The molecule has 0 fully saturated rings. The zero-order valence-corrected chi connectivity index (χ0v) is 7.71. The summed E-state index contributed by atoms with van der Waals surface area (Å²) in [6, 6.07) is 0. The molecular formula is C6H7N5OS. The Labute approximate surface area is 78.0 Å². The monoisotopic (exact) mass is 197 g/mol. The van der Waals surface area contributed by atoms with Crippen LogP contribution < -0.4 is 5.32 Å². The molecule has 0 amide bonds. The van der Waals surface area contributed by atoms with Gasteiger partial charge in [-0.15, -0.1) is 10.2 Å². The molecule has 68 valence electrons. The van der Waals surface area contributed by atoms with E-state index in [4.69, 9.17) is 4.52 Å². The second-order valence-corrected chi connectivity index (χ2v) is 3.17. The average Bonchev–Trinajstić information content (AvgIpc) is 2.71. The van der Waals surface area contributed by atoms with Gasteiger partial charge in [-0.05, 0) is 6.92 Å². The molecule has 7 heteroatoms. The molecular weight excluding hydrogens is 190 g/mol. The zero-order valence-electron chi connectivity index (χ0n) is 6.89. The van der Waals surface area contributed by atoms with Crippen molar-refractivity contribution in [2.24, 2.45) is 0 Å². The number of anilines is 1. The lowest BCUT2D eigenvalue weighted by molar-refractivity contribution is 0.379. The molecule has 2 heterocycles. The molecule has 13 heavy (non-hydrogen) atoms. The van der Waals surface area contributed by atoms with Crippen LogP contribution in [0.15, 0.2) is 10.0 Å². The molecule has 0 spiro atoms. The van der Waals surface area contributed by atoms with Gasteiger partial charge in [0.15, 0.2) is 5.82 Å². The molecule has 0 aromatic carbocycles. The first-order chi connectivity index (χ1) is 6.34. The fourth-order valence-electron chi connectivity index (χ4n) is 0.813. The van der Waals surface area contributed by atoms with Crippen LogP contribution in [0, 0.1) is 6.92 Å². The first kappa shape index (κ1) is 8.11. The lowest BCUT2D eigenvalue weighted by atomic mass is 10.6. The molecule has 2 aromatic heterocycles. The highest BCUT2D eigenvalue weighted by atomic mass is 32.1. The van der Waals surface area contributed by atoms with Gasteiger partial charge in [-0.25, -0.2) is 0 Å². The average molecular weight is 197 g/mol. The number of rotatable bonds is 3. The number of aryl methyl sites for hydroxylation is 1. The van der Waals surface area contributed by atoms with Crippen LogP contribution in [-0.4, -0.2) is 20.3 Å². The predicted molar refractivity (Wildman–Crippen MR) is 46.3 cm³/mol. The SMILES string of the molecule is Cc1noc(CNc2nncs2)n1. The van der Waals surface area contributed by atoms with Crippen LogP contribution >= 0.6 is 11.3 Å². The van der Waals surface area contributed by atoms with E-state index in [2.05, 4.69) is 25.7 Å². The van der Waals surface area contributed by atoms with Crippen LogP contribution in [-0.2, 0) is 6.54 Å². The van der Waals surface area contributed by atoms with Crippen molar-refractivity contribution in [1.29, 1.82) is 0 Å². The highest BCUT2D eigenvalue weighted by Crippen LogP contribution is 2.09. The first-order valence-corrected chi connectivity index (χ1v) is 4.52. The maximum absolute atomic E-state index is 4.90. The first-order valence-electron chi connectivity index (χ1n) is 3.64. The van der Waals surface area contributed by atoms with Gasteiger partial charge in [0, 0.05) is 0 Å². The van der Waals surface area contributed by atoms with E-state index in [1.54, 1.807) is 12.4 Å². The molecule has 1 N–H and O–H groups in total. The van der Waals surface area contributed by atoms with E-state index < -0.39 is 0 Å². The van der Waals surface area contributed by atoms with Crippen molar-refractivity contribution in [2.45, 2.75) is 13.5 Å². The van der Waals surface area contributed by atoms with Crippen molar-refractivity contribution >= 4 is 16.5 Å². The molecule has 6 nitrogen and oxygen atoms in total. The van der Waals surface area contributed by atoms with Crippen molar-refractivity contribution in [3.05, 3.63) is 17.2 Å². The Hall–Kier alpha value is -1.50. The Morgan fingerprint density at radius 2 is 2.54 bits per heavy atom. The van der Waals surface area contributed by atoms with Gasteiger partial charge in [0.2, 0.25) is 11.0 Å². The minimum absolute atomic E-state index is 0.482. The third kappa shape index (κ3) is 2.00. The van der Waals surface area contributed by atoms with Gasteiger partial charge < -0.3 is 9.84 Å². The molecule has 0 saturated carbocycles. The topological polar surface area (TPSA) is 76.7 Å². The zero-order chi connectivity index (χ0) is 9.10. The molecule has 0 aliphatic heterocycles. The largest absolute Gasteiger partial charge is 0.351 e. The highest BCUT2D eigenvalue weighted by molar-refractivity contribution is 7.13. The van der Waals surface area contributed by atoms with Crippen LogP contribution in [0.3, 0.4) is 0 Å². The summed E-state index contributed by atoms with van der Waals surface area (Å²) in [5, 5.41) is 14.9. The van der Waals surface area contributed by atoms with E-state index in [0.717, 1.165) is 5.13 Å². The summed E-state index contributed by atoms with van der Waals surface area (Å²) in [6.07, 6.45) is 0. The van der Waals surface area contributed by atoms with Crippen LogP contribution in [0.25, 0.3) is 0 Å². The number of hydrogen-bond acceptors (Lipinski definition) is 7. The normalized spacial score (nSPS) is 10.2. The Kier molecular flexibility index (Phi) is 2.17. The standard InChI is InChI=1S/C6H7N5OS/c1-4-9-5(12-11-4)2-7-6-10-8-3-13-6/h3H,2H2,1H3,(H,7,10). The molecule has 0 aliphatic carbocycles. The Morgan fingerprint density at radius 3 is 3.15 bits per heavy atom. The van der Waals surface area contributed by atoms with E-state index in [-0.39, 0.29) is 0 Å². The van der Waals surface area contributed by atoms with Crippen molar-refractivity contribution in [2.75, 3.05) is 5.32 Å².